The predicted octanol–water partition coefficient (Wildman–Crippen LogP) is 0.641. The van der Waals surface area contributed by atoms with Gasteiger partial charge in [-0.25, -0.2) is 8.42 Å². The zero-order chi connectivity index (χ0) is 21.6. The summed E-state index contributed by atoms with van der Waals surface area (Å²) in [5.41, 5.74) is 1.58. The third-order valence-corrected chi connectivity index (χ3v) is 7.12. The van der Waals surface area contributed by atoms with E-state index in [1.165, 1.54) is 4.31 Å². The standard InChI is InChI=1S/C20H32N4O4S/c1-15-8-9-16(2)18(13-15)29(27,28)24-12-5-7-17(24)14-22-20(26)19(25)21-10-6-11-23(3)4/h8-9,13,17H,5-7,10-12,14H2,1-4H3,(H,21,25)(H,22,26). The molecule has 0 radical (unpaired) electrons. The van der Waals surface area contributed by atoms with Crippen LogP contribution in [0.15, 0.2) is 23.1 Å². The number of amides is 2. The quantitative estimate of drug-likeness (QED) is 0.471. The molecule has 0 aliphatic carbocycles. The van der Waals surface area contributed by atoms with Crippen molar-refractivity contribution in [2.45, 2.75) is 44.0 Å². The summed E-state index contributed by atoms with van der Waals surface area (Å²) in [6.45, 7) is 5.40. The van der Waals surface area contributed by atoms with E-state index in [1.807, 2.05) is 32.0 Å². The lowest BCUT2D eigenvalue weighted by atomic mass is 10.2. The van der Waals surface area contributed by atoms with Crippen LogP contribution >= 0.6 is 0 Å². The minimum atomic E-state index is -3.66. The Kier molecular flexibility index (Phi) is 8.18. The van der Waals surface area contributed by atoms with E-state index in [1.54, 1.807) is 19.1 Å². The SMILES string of the molecule is Cc1ccc(C)c(S(=O)(=O)N2CCCC2CNC(=O)C(=O)NCCCN(C)C)c1. The van der Waals surface area contributed by atoms with E-state index in [0.29, 0.717) is 30.0 Å². The Balaban J connectivity index is 1.95. The van der Waals surface area contributed by atoms with Crippen LogP contribution in [-0.4, -0.2) is 75.8 Å². The van der Waals surface area contributed by atoms with Crippen LogP contribution in [0.4, 0.5) is 0 Å². The topological polar surface area (TPSA) is 98.8 Å². The summed E-state index contributed by atoms with van der Waals surface area (Å²) in [7, 11) is 0.219. The van der Waals surface area contributed by atoms with E-state index in [0.717, 1.165) is 24.9 Å². The summed E-state index contributed by atoms with van der Waals surface area (Å²) in [5, 5.41) is 5.17. The maximum Gasteiger partial charge on any atom is 0.309 e. The predicted molar refractivity (Wildman–Crippen MR) is 112 cm³/mol. The van der Waals surface area contributed by atoms with Crippen molar-refractivity contribution < 1.29 is 18.0 Å². The lowest BCUT2D eigenvalue weighted by Crippen LogP contribution is -2.47. The Labute approximate surface area is 173 Å². The Hall–Kier alpha value is -1.97. The first kappa shape index (κ1) is 23.3. The maximum absolute atomic E-state index is 13.2. The van der Waals surface area contributed by atoms with Crippen molar-refractivity contribution in [3.05, 3.63) is 29.3 Å². The van der Waals surface area contributed by atoms with Crippen molar-refractivity contribution in [3.8, 4) is 0 Å². The first-order valence-electron chi connectivity index (χ1n) is 9.92. The number of carbonyl (C=O) groups excluding carboxylic acids is 2. The molecule has 1 aromatic rings. The van der Waals surface area contributed by atoms with Gasteiger partial charge in [0, 0.05) is 25.7 Å². The zero-order valence-corrected chi connectivity index (χ0v) is 18.5. The lowest BCUT2D eigenvalue weighted by Gasteiger charge is -2.25. The molecule has 9 heteroatoms. The van der Waals surface area contributed by atoms with E-state index >= 15 is 0 Å². The number of benzene rings is 1. The van der Waals surface area contributed by atoms with Gasteiger partial charge in [0.05, 0.1) is 4.90 Å². The van der Waals surface area contributed by atoms with E-state index < -0.39 is 21.8 Å². The van der Waals surface area contributed by atoms with Crippen molar-refractivity contribution in [2.24, 2.45) is 0 Å². The highest BCUT2D eigenvalue weighted by Gasteiger charge is 2.36. The van der Waals surface area contributed by atoms with Crippen LogP contribution in [0.5, 0.6) is 0 Å². The molecular formula is C20H32N4O4S. The van der Waals surface area contributed by atoms with E-state index in [9.17, 15) is 18.0 Å². The molecule has 0 bridgehead atoms. The van der Waals surface area contributed by atoms with E-state index in [4.69, 9.17) is 0 Å². The van der Waals surface area contributed by atoms with E-state index in [-0.39, 0.29) is 12.6 Å². The first-order valence-corrected chi connectivity index (χ1v) is 11.4. The van der Waals surface area contributed by atoms with Gasteiger partial charge in [-0.15, -0.1) is 0 Å². The fourth-order valence-corrected chi connectivity index (χ4v) is 5.41. The van der Waals surface area contributed by atoms with Gasteiger partial charge in [0.25, 0.3) is 0 Å². The first-order chi connectivity index (χ1) is 13.6. The summed E-state index contributed by atoms with van der Waals surface area (Å²) < 4.78 is 27.8. The molecule has 0 saturated carbocycles. The van der Waals surface area contributed by atoms with Gasteiger partial charge in [-0.05, 0) is 70.9 Å². The van der Waals surface area contributed by atoms with Crippen molar-refractivity contribution in [2.75, 3.05) is 40.3 Å². The minimum Gasteiger partial charge on any atom is -0.348 e. The molecule has 2 amide bonds. The maximum atomic E-state index is 13.2. The van der Waals surface area contributed by atoms with Crippen LogP contribution in [0.3, 0.4) is 0 Å². The molecule has 2 rings (SSSR count). The molecule has 1 aliphatic rings. The second-order valence-electron chi connectivity index (χ2n) is 7.80. The highest BCUT2D eigenvalue weighted by atomic mass is 32.2. The number of nitrogens with zero attached hydrogens (tertiary/aromatic N) is 2. The van der Waals surface area contributed by atoms with Gasteiger partial charge in [-0.2, -0.15) is 4.31 Å². The zero-order valence-electron chi connectivity index (χ0n) is 17.7. The summed E-state index contributed by atoms with van der Waals surface area (Å²) in [6.07, 6.45) is 2.12. The van der Waals surface area contributed by atoms with Crippen LogP contribution < -0.4 is 10.6 Å². The van der Waals surface area contributed by atoms with Gasteiger partial charge < -0.3 is 15.5 Å². The molecule has 1 heterocycles. The van der Waals surface area contributed by atoms with Gasteiger partial charge in [0.1, 0.15) is 0 Å². The van der Waals surface area contributed by atoms with Gasteiger partial charge in [0.15, 0.2) is 0 Å². The van der Waals surface area contributed by atoms with Crippen LogP contribution in [0.2, 0.25) is 0 Å². The highest BCUT2D eigenvalue weighted by Crippen LogP contribution is 2.28. The summed E-state index contributed by atoms with van der Waals surface area (Å²) in [6, 6.07) is 5.01. The van der Waals surface area contributed by atoms with Crippen LogP contribution in [0.25, 0.3) is 0 Å². The number of hydrogen-bond acceptors (Lipinski definition) is 5. The fourth-order valence-electron chi connectivity index (χ4n) is 3.41. The number of nitrogens with one attached hydrogen (secondary N) is 2. The second-order valence-corrected chi connectivity index (χ2v) is 9.66. The highest BCUT2D eigenvalue weighted by molar-refractivity contribution is 7.89. The average molecular weight is 425 g/mol. The van der Waals surface area contributed by atoms with Crippen molar-refractivity contribution in [3.63, 3.8) is 0 Å². The van der Waals surface area contributed by atoms with Crippen LogP contribution in [-0.2, 0) is 19.6 Å². The van der Waals surface area contributed by atoms with Gasteiger partial charge in [0.2, 0.25) is 10.0 Å². The Morgan fingerprint density at radius 1 is 1.17 bits per heavy atom. The van der Waals surface area contributed by atoms with Crippen molar-refractivity contribution in [1.29, 1.82) is 0 Å². The molecule has 1 aliphatic heterocycles. The minimum absolute atomic E-state index is 0.119. The lowest BCUT2D eigenvalue weighted by molar-refractivity contribution is -0.139. The summed E-state index contributed by atoms with van der Waals surface area (Å²) in [4.78, 5) is 26.3. The summed E-state index contributed by atoms with van der Waals surface area (Å²) in [5.74, 6) is -1.42. The number of sulfonamides is 1. The van der Waals surface area contributed by atoms with Gasteiger partial charge in [-0.1, -0.05) is 12.1 Å². The normalized spacial score (nSPS) is 17.5. The molecule has 162 valence electrons. The monoisotopic (exact) mass is 424 g/mol. The smallest absolute Gasteiger partial charge is 0.309 e. The third-order valence-electron chi connectivity index (χ3n) is 5.03. The molecule has 29 heavy (non-hydrogen) atoms. The Bertz CT molecular complexity index is 839. The molecule has 2 N–H and O–H groups in total. The van der Waals surface area contributed by atoms with Gasteiger partial charge in [-0.3, -0.25) is 9.59 Å². The second kappa shape index (κ2) is 10.2. The van der Waals surface area contributed by atoms with Crippen molar-refractivity contribution >= 4 is 21.8 Å². The molecule has 1 unspecified atom stereocenters. The average Bonchev–Trinajstić information content (AvgIpc) is 3.14. The molecule has 0 aromatic heterocycles. The fraction of sp³-hybridized carbons (Fsp3) is 0.600. The molecule has 8 nitrogen and oxygen atoms in total. The van der Waals surface area contributed by atoms with Crippen LogP contribution in [0.1, 0.15) is 30.4 Å². The molecule has 1 aromatic carbocycles. The van der Waals surface area contributed by atoms with Crippen molar-refractivity contribution in [1.82, 2.24) is 19.8 Å². The number of aryl methyl sites for hydroxylation is 2. The molecule has 1 saturated heterocycles. The van der Waals surface area contributed by atoms with Gasteiger partial charge >= 0.3 is 11.8 Å². The Morgan fingerprint density at radius 2 is 1.86 bits per heavy atom. The third kappa shape index (κ3) is 6.25. The number of hydrogen-bond donors (Lipinski definition) is 2. The molecule has 0 spiro atoms. The van der Waals surface area contributed by atoms with Crippen LogP contribution in [0, 0.1) is 13.8 Å². The van der Waals surface area contributed by atoms with E-state index in [2.05, 4.69) is 10.6 Å². The largest absolute Gasteiger partial charge is 0.348 e. The molecule has 1 atom stereocenters. The summed E-state index contributed by atoms with van der Waals surface area (Å²) >= 11 is 0. The molecular weight excluding hydrogens is 392 g/mol. The number of rotatable bonds is 8. The Morgan fingerprint density at radius 3 is 2.55 bits per heavy atom. The molecule has 1 fully saturated rings. The number of carbonyl (C=O) groups is 2.